The lowest BCUT2D eigenvalue weighted by atomic mass is 9.98. The number of rotatable bonds is 7. The number of nitrogens with one attached hydrogen (secondary N) is 2. The summed E-state index contributed by atoms with van der Waals surface area (Å²) in [4.78, 5) is 11.2. The highest BCUT2D eigenvalue weighted by atomic mass is 35.5. The van der Waals surface area contributed by atoms with E-state index in [1.54, 1.807) is 18.5 Å². The van der Waals surface area contributed by atoms with E-state index < -0.39 is 17.7 Å². The van der Waals surface area contributed by atoms with Crippen molar-refractivity contribution >= 4 is 39.6 Å². The number of aromatic nitrogens is 5. The fourth-order valence-electron chi connectivity index (χ4n) is 5.72. The van der Waals surface area contributed by atoms with E-state index in [0.717, 1.165) is 43.6 Å². The molecule has 6 rings (SSSR count). The minimum Gasteiger partial charge on any atom is -0.373 e. The number of fused-ring (bicyclic) bond motifs is 1. The number of anilines is 3. The van der Waals surface area contributed by atoms with E-state index in [0.29, 0.717) is 33.0 Å². The van der Waals surface area contributed by atoms with Gasteiger partial charge in [0.25, 0.3) is 0 Å². The van der Waals surface area contributed by atoms with Crippen LogP contribution in [0.3, 0.4) is 0 Å². The largest absolute Gasteiger partial charge is 0.373 e. The molecule has 12 heteroatoms. The van der Waals surface area contributed by atoms with Crippen molar-refractivity contribution in [3.63, 3.8) is 0 Å². The number of nitrogens with zero attached hydrogens (tertiary/aromatic N) is 7. The van der Waals surface area contributed by atoms with Crippen molar-refractivity contribution in [2.75, 3.05) is 23.7 Å². The molecule has 0 bridgehead atoms. The first kappa shape index (κ1) is 30.4. The Hall–Kier alpha value is -4.66. The predicted molar refractivity (Wildman–Crippen MR) is 170 cm³/mol. The average molecular weight is 628 g/mol. The van der Waals surface area contributed by atoms with Crippen LogP contribution in [0.1, 0.15) is 62.5 Å². The average Bonchev–Trinajstić information content (AvgIpc) is 3.52. The Labute approximate surface area is 264 Å². The van der Waals surface area contributed by atoms with Gasteiger partial charge in [-0.2, -0.15) is 5.26 Å². The molecule has 230 valence electrons. The standard InChI is InChI=1S/C33H32ClF2N9/c1-33(2,3)44-11-8-24(9-12-44)45-19-29(42-43-45)31(20-5-4-10-38-17-20)41-23-13-25-30(40-22-6-7-27(35)28(36)15-22)21(16-37)18-39-32(25)26(34)14-23/h4-7,10,13-15,17-19,24,31,41H,8-9,11-12H2,1-3H3,(H,39,40)/t31-/m0/s1. The van der Waals surface area contributed by atoms with Crippen LogP contribution in [0, 0.1) is 23.0 Å². The first-order valence-electron chi connectivity index (χ1n) is 14.7. The van der Waals surface area contributed by atoms with Crippen LogP contribution in [0.5, 0.6) is 0 Å². The molecule has 5 aromatic rings. The summed E-state index contributed by atoms with van der Waals surface area (Å²) in [6.07, 6.45) is 8.81. The lowest BCUT2D eigenvalue weighted by molar-refractivity contribution is 0.0866. The van der Waals surface area contributed by atoms with E-state index in [1.807, 2.05) is 29.1 Å². The van der Waals surface area contributed by atoms with Crippen molar-refractivity contribution < 1.29 is 8.78 Å². The number of hydrogen-bond donors (Lipinski definition) is 2. The van der Waals surface area contributed by atoms with Crippen molar-refractivity contribution in [1.29, 1.82) is 5.26 Å². The molecule has 0 amide bonds. The van der Waals surface area contributed by atoms with Gasteiger partial charge in [0.05, 0.1) is 40.1 Å². The number of piperidine rings is 1. The highest BCUT2D eigenvalue weighted by molar-refractivity contribution is 6.36. The molecule has 0 aliphatic carbocycles. The van der Waals surface area contributed by atoms with Gasteiger partial charge in [0.1, 0.15) is 11.8 Å². The summed E-state index contributed by atoms with van der Waals surface area (Å²) in [6.45, 7) is 8.69. The SMILES string of the molecule is CC(C)(C)N1CCC(n2cc([C@@H](Nc3cc(Cl)c4ncc(C#N)c(Nc5ccc(F)c(F)c5)c4c3)c3cccnc3)nn2)CC1. The summed E-state index contributed by atoms with van der Waals surface area (Å²) in [5.41, 5.74) is 3.62. The Bertz CT molecular complexity index is 1870. The smallest absolute Gasteiger partial charge is 0.160 e. The summed E-state index contributed by atoms with van der Waals surface area (Å²) in [7, 11) is 0. The van der Waals surface area contributed by atoms with E-state index in [2.05, 4.69) is 62.7 Å². The Morgan fingerprint density at radius 3 is 2.53 bits per heavy atom. The van der Waals surface area contributed by atoms with Crippen LogP contribution in [0.2, 0.25) is 5.02 Å². The molecule has 4 heterocycles. The first-order chi connectivity index (χ1) is 21.6. The second kappa shape index (κ2) is 12.4. The molecule has 0 saturated carbocycles. The zero-order chi connectivity index (χ0) is 31.7. The molecule has 9 nitrogen and oxygen atoms in total. The van der Waals surface area contributed by atoms with Gasteiger partial charge in [0.15, 0.2) is 11.6 Å². The van der Waals surface area contributed by atoms with Crippen LogP contribution in [-0.2, 0) is 0 Å². The summed E-state index contributed by atoms with van der Waals surface area (Å²) >= 11 is 6.73. The van der Waals surface area contributed by atoms with Gasteiger partial charge in [-0.25, -0.2) is 13.5 Å². The Morgan fingerprint density at radius 2 is 1.84 bits per heavy atom. The molecule has 1 aliphatic heterocycles. The number of nitriles is 1. The number of benzene rings is 2. The highest BCUT2D eigenvalue weighted by Gasteiger charge is 2.29. The van der Waals surface area contributed by atoms with Gasteiger partial charge in [0.2, 0.25) is 0 Å². The maximum absolute atomic E-state index is 14.0. The van der Waals surface area contributed by atoms with Gasteiger partial charge in [-0.15, -0.1) is 5.10 Å². The van der Waals surface area contributed by atoms with Crippen LogP contribution in [0.4, 0.5) is 25.8 Å². The predicted octanol–water partition coefficient (Wildman–Crippen LogP) is 7.41. The number of halogens is 3. The zero-order valence-corrected chi connectivity index (χ0v) is 25.9. The molecule has 1 fully saturated rings. The van der Waals surface area contributed by atoms with Gasteiger partial charge in [-0.1, -0.05) is 22.9 Å². The van der Waals surface area contributed by atoms with Gasteiger partial charge in [-0.3, -0.25) is 14.9 Å². The van der Waals surface area contributed by atoms with E-state index in [1.165, 1.54) is 12.3 Å². The number of pyridine rings is 2. The minimum absolute atomic E-state index is 0.128. The summed E-state index contributed by atoms with van der Waals surface area (Å²) < 4.78 is 29.6. The summed E-state index contributed by atoms with van der Waals surface area (Å²) in [5.74, 6) is -1.98. The first-order valence-corrected chi connectivity index (χ1v) is 15.1. The molecule has 0 spiro atoms. The van der Waals surface area contributed by atoms with Crippen LogP contribution >= 0.6 is 11.6 Å². The third kappa shape index (κ3) is 6.43. The third-order valence-electron chi connectivity index (χ3n) is 8.17. The molecule has 0 radical (unpaired) electrons. The molecule has 0 unspecified atom stereocenters. The maximum Gasteiger partial charge on any atom is 0.160 e. The number of likely N-dealkylation sites (tertiary alicyclic amines) is 1. The third-order valence-corrected chi connectivity index (χ3v) is 8.46. The van der Waals surface area contributed by atoms with E-state index >= 15 is 0 Å². The van der Waals surface area contributed by atoms with Gasteiger partial charge in [-0.05, 0) is 69.5 Å². The fraction of sp³-hybridized carbons (Fsp3) is 0.303. The van der Waals surface area contributed by atoms with Gasteiger partial charge < -0.3 is 10.6 Å². The topological polar surface area (TPSA) is 108 Å². The van der Waals surface area contributed by atoms with Crippen molar-refractivity contribution in [2.24, 2.45) is 0 Å². The quantitative estimate of drug-likeness (QED) is 0.192. The van der Waals surface area contributed by atoms with Crippen LogP contribution < -0.4 is 10.6 Å². The fourth-order valence-corrected chi connectivity index (χ4v) is 5.99. The van der Waals surface area contributed by atoms with Crippen LogP contribution in [0.15, 0.2) is 67.3 Å². The van der Waals surface area contributed by atoms with Gasteiger partial charge in [0, 0.05) is 60.0 Å². The Morgan fingerprint density at radius 1 is 1.04 bits per heavy atom. The molecule has 2 aromatic carbocycles. The second-order valence-corrected chi connectivity index (χ2v) is 12.6. The molecule has 45 heavy (non-hydrogen) atoms. The molecular formula is C33H32ClF2N9. The normalized spacial score (nSPS) is 15.1. The molecule has 2 N–H and O–H groups in total. The lowest BCUT2D eigenvalue weighted by Crippen LogP contribution is -2.46. The maximum atomic E-state index is 14.0. The highest BCUT2D eigenvalue weighted by Crippen LogP contribution is 2.37. The molecule has 3 aromatic heterocycles. The van der Waals surface area contributed by atoms with E-state index in [-0.39, 0.29) is 22.8 Å². The summed E-state index contributed by atoms with van der Waals surface area (Å²) in [5, 5.41) is 26.4. The van der Waals surface area contributed by atoms with Crippen molar-refractivity contribution in [3.05, 3.63) is 101 Å². The zero-order valence-electron chi connectivity index (χ0n) is 25.1. The molecular weight excluding hydrogens is 596 g/mol. The molecule has 1 saturated heterocycles. The van der Waals surface area contributed by atoms with Crippen molar-refractivity contribution in [3.8, 4) is 6.07 Å². The second-order valence-electron chi connectivity index (χ2n) is 12.1. The minimum atomic E-state index is -1.01. The van der Waals surface area contributed by atoms with Crippen LogP contribution in [0.25, 0.3) is 10.9 Å². The number of hydrogen-bond acceptors (Lipinski definition) is 8. The van der Waals surface area contributed by atoms with Crippen LogP contribution in [-0.4, -0.2) is 48.5 Å². The van der Waals surface area contributed by atoms with Crippen molar-refractivity contribution in [2.45, 2.75) is 51.2 Å². The monoisotopic (exact) mass is 627 g/mol. The van der Waals surface area contributed by atoms with Gasteiger partial charge >= 0.3 is 0 Å². The summed E-state index contributed by atoms with van der Waals surface area (Å²) in [6, 6.07) is 12.8. The van der Waals surface area contributed by atoms with E-state index in [9.17, 15) is 14.0 Å². The van der Waals surface area contributed by atoms with E-state index in [4.69, 9.17) is 11.6 Å². The van der Waals surface area contributed by atoms with Crippen molar-refractivity contribution in [1.82, 2.24) is 29.9 Å². The Kier molecular flexibility index (Phi) is 8.36. The lowest BCUT2D eigenvalue weighted by Gasteiger charge is -2.40. The molecule has 1 aliphatic rings. The molecule has 1 atom stereocenters. The Balaban J connectivity index is 1.35.